The lowest BCUT2D eigenvalue weighted by Gasteiger charge is -2.15. The van der Waals surface area contributed by atoms with Gasteiger partial charge in [-0.3, -0.25) is 14.3 Å². The molecule has 2 N–H and O–H groups in total. The first-order valence-electron chi connectivity index (χ1n) is 10.1. The van der Waals surface area contributed by atoms with Crippen LogP contribution in [0.1, 0.15) is 48.6 Å². The van der Waals surface area contributed by atoms with Crippen molar-refractivity contribution in [2.45, 2.75) is 52.2 Å². The molecule has 0 saturated heterocycles. The predicted octanol–water partition coefficient (Wildman–Crippen LogP) is 2.02. The second kappa shape index (κ2) is 9.98. The number of amides is 2. The van der Waals surface area contributed by atoms with Gasteiger partial charge in [-0.15, -0.1) is 0 Å². The maximum atomic E-state index is 12.4. The van der Waals surface area contributed by atoms with Crippen LogP contribution in [0.5, 0.6) is 0 Å². The number of nitrogens with one attached hydrogen (secondary N) is 2. The highest BCUT2D eigenvalue weighted by Gasteiger charge is 2.37. The van der Waals surface area contributed by atoms with Gasteiger partial charge in [0, 0.05) is 18.8 Å². The number of ether oxygens (including phenoxy) is 1. The number of aromatic nitrogens is 5. The van der Waals surface area contributed by atoms with Gasteiger partial charge < -0.3 is 15.4 Å². The zero-order chi connectivity index (χ0) is 24.2. The van der Waals surface area contributed by atoms with E-state index < -0.39 is 24.8 Å². The fraction of sp³-hybridized carbons (Fsp3) is 0.450. The average Bonchev–Trinajstić information content (AvgIpc) is 3.40. The number of nitrogens with zero attached hydrogens (tertiary/aromatic N) is 5. The van der Waals surface area contributed by atoms with E-state index in [0.29, 0.717) is 22.6 Å². The summed E-state index contributed by atoms with van der Waals surface area (Å²) in [5.41, 5.74) is 2.10. The molecule has 0 aliphatic rings. The van der Waals surface area contributed by atoms with E-state index in [1.165, 1.54) is 10.7 Å². The van der Waals surface area contributed by atoms with Crippen molar-refractivity contribution < 1.29 is 27.5 Å². The number of hydrogen-bond acceptors (Lipinski definition) is 6. The van der Waals surface area contributed by atoms with Crippen LogP contribution in [0.4, 0.5) is 13.2 Å². The Bertz CT molecular complexity index is 1120. The van der Waals surface area contributed by atoms with E-state index in [-0.39, 0.29) is 25.0 Å². The van der Waals surface area contributed by atoms with Crippen LogP contribution in [0.25, 0.3) is 5.65 Å². The molecule has 3 aromatic heterocycles. The number of hydrogen-bond donors (Lipinski definition) is 2. The fourth-order valence-corrected chi connectivity index (χ4v) is 2.86. The van der Waals surface area contributed by atoms with Crippen molar-refractivity contribution in [2.75, 3.05) is 6.61 Å². The van der Waals surface area contributed by atoms with E-state index in [2.05, 4.69) is 30.6 Å². The summed E-state index contributed by atoms with van der Waals surface area (Å²) >= 11 is 0. The highest BCUT2D eigenvalue weighted by Crippen LogP contribution is 2.22. The molecule has 178 valence electrons. The number of imidazole rings is 1. The van der Waals surface area contributed by atoms with E-state index in [4.69, 9.17) is 0 Å². The zero-order valence-corrected chi connectivity index (χ0v) is 18.3. The summed E-state index contributed by atoms with van der Waals surface area (Å²) in [5, 5.41) is 13.6. The van der Waals surface area contributed by atoms with E-state index in [1.54, 1.807) is 29.2 Å². The summed E-state index contributed by atoms with van der Waals surface area (Å²) in [6.07, 6.45) is -1.84. The summed E-state index contributed by atoms with van der Waals surface area (Å²) in [6.45, 7) is 4.19. The van der Waals surface area contributed by atoms with Crippen molar-refractivity contribution in [3.63, 3.8) is 0 Å². The Balaban J connectivity index is 1.54. The first kappa shape index (κ1) is 24.2. The first-order chi connectivity index (χ1) is 15.5. The Kier molecular flexibility index (Phi) is 7.31. The molecular weight excluding hydrogens is 443 g/mol. The normalized spacial score (nSPS) is 12.8. The van der Waals surface area contributed by atoms with E-state index in [9.17, 15) is 22.8 Å². The van der Waals surface area contributed by atoms with Gasteiger partial charge in [0.05, 0.1) is 24.6 Å². The van der Waals surface area contributed by atoms with Crippen LogP contribution in [-0.4, -0.2) is 55.1 Å². The molecule has 1 unspecified atom stereocenters. The number of halogens is 3. The Morgan fingerprint density at radius 1 is 1.15 bits per heavy atom. The van der Waals surface area contributed by atoms with Gasteiger partial charge in [-0.25, -0.2) is 9.50 Å². The van der Waals surface area contributed by atoms with Crippen LogP contribution in [0.2, 0.25) is 0 Å². The molecule has 3 heterocycles. The zero-order valence-electron chi connectivity index (χ0n) is 18.3. The molecule has 0 saturated carbocycles. The maximum Gasteiger partial charge on any atom is 0.414 e. The van der Waals surface area contributed by atoms with Gasteiger partial charge in [0.2, 0.25) is 5.91 Å². The molecule has 10 nitrogen and oxygen atoms in total. The minimum Gasteiger partial charge on any atom is -0.359 e. The second-order valence-electron chi connectivity index (χ2n) is 7.61. The van der Waals surface area contributed by atoms with Crippen molar-refractivity contribution in [3.05, 3.63) is 47.7 Å². The Hall–Kier alpha value is -3.48. The lowest BCUT2D eigenvalue weighted by molar-refractivity contribution is -0.213. The summed E-state index contributed by atoms with van der Waals surface area (Å²) in [7, 11) is 0. The van der Waals surface area contributed by atoms with Crippen molar-refractivity contribution >= 4 is 17.5 Å². The van der Waals surface area contributed by atoms with E-state index >= 15 is 0 Å². The quantitative estimate of drug-likeness (QED) is 0.498. The minimum absolute atomic E-state index is 0.0404. The third-order valence-electron chi connectivity index (χ3n) is 4.66. The summed E-state index contributed by atoms with van der Waals surface area (Å²) < 4.78 is 44.9. The molecular formula is C20H24F3N7O3. The summed E-state index contributed by atoms with van der Waals surface area (Å²) in [4.78, 5) is 28.6. The van der Waals surface area contributed by atoms with Crippen LogP contribution in [0, 0.1) is 0 Å². The monoisotopic (exact) mass is 467 g/mol. The third-order valence-corrected chi connectivity index (χ3v) is 4.66. The Morgan fingerprint density at radius 2 is 1.91 bits per heavy atom. The average molecular weight is 467 g/mol. The first-order valence-corrected chi connectivity index (χ1v) is 10.1. The largest absolute Gasteiger partial charge is 0.414 e. The van der Waals surface area contributed by atoms with Gasteiger partial charge in [-0.1, -0.05) is 0 Å². The molecule has 3 rings (SSSR count). The van der Waals surface area contributed by atoms with Gasteiger partial charge in [0.25, 0.3) is 5.91 Å². The van der Waals surface area contributed by atoms with Gasteiger partial charge in [-0.05, 0) is 38.5 Å². The number of carbonyl (C=O) groups excluding carboxylic acids is 2. The molecule has 3 aromatic rings. The highest BCUT2D eigenvalue weighted by atomic mass is 19.4. The van der Waals surface area contributed by atoms with Crippen LogP contribution < -0.4 is 10.6 Å². The highest BCUT2D eigenvalue weighted by molar-refractivity contribution is 5.92. The van der Waals surface area contributed by atoms with Crippen molar-refractivity contribution in [1.29, 1.82) is 0 Å². The Labute approximate surface area is 187 Å². The lowest BCUT2D eigenvalue weighted by Crippen LogP contribution is -2.34. The predicted molar refractivity (Wildman–Crippen MR) is 110 cm³/mol. The summed E-state index contributed by atoms with van der Waals surface area (Å²) in [5.74, 6) is -0.963. The molecule has 13 heteroatoms. The van der Waals surface area contributed by atoms with Crippen molar-refractivity contribution in [2.24, 2.45) is 0 Å². The number of carbonyl (C=O) groups is 2. The SMILES string of the molecule is CC(C)n1nccc1C(=O)NCc1cn2ncc(CNC(=O)COC(C)C(F)(F)F)cc2n1. The van der Waals surface area contributed by atoms with Crippen LogP contribution in [0.15, 0.2) is 30.7 Å². The van der Waals surface area contributed by atoms with Crippen LogP contribution in [-0.2, 0) is 22.6 Å². The molecule has 0 bridgehead atoms. The lowest BCUT2D eigenvalue weighted by atomic mass is 10.3. The van der Waals surface area contributed by atoms with E-state index in [1.807, 2.05) is 13.8 Å². The second-order valence-corrected chi connectivity index (χ2v) is 7.61. The molecule has 0 spiro atoms. The minimum atomic E-state index is -4.53. The van der Waals surface area contributed by atoms with Gasteiger partial charge >= 0.3 is 6.18 Å². The third kappa shape index (κ3) is 6.28. The number of fused-ring (bicyclic) bond motifs is 1. The van der Waals surface area contributed by atoms with Crippen molar-refractivity contribution in [3.8, 4) is 0 Å². The fourth-order valence-electron chi connectivity index (χ4n) is 2.86. The molecule has 0 fully saturated rings. The van der Waals surface area contributed by atoms with Gasteiger partial charge in [-0.2, -0.15) is 23.4 Å². The number of alkyl halides is 3. The smallest absolute Gasteiger partial charge is 0.359 e. The topological polar surface area (TPSA) is 115 Å². The molecule has 1 atom stereocenters. The number of rotatable bonds is 9. The van der Waals surface area contributed by atoms with E-state index in [0.717, 1.165) is 6.92 Å². The van der Waals surface area contributed by atoms with Gasteiger partial charge in [0.15, 0.2) is 11.8 Å². The molecule has 0 aliphatic heterocycles. The van der Waals surface area contributed by atoms with Crippen LogP contribution >= 0.6 is 0 Å². The van der Waals surface area contributed by atoms with Gasteiger partial charge in [0.1, 0.15) is 12.3 Å². The molecule has 33 heavy (non-hydrogen) atoms. The molecule has 0 aromatic carbocycles. The Morgan fingerprint density at radius 3 is 2.61 bits per heavy atom. The van der Waals surface area contributed by atoms with Crippen LogP contribution in [0.3, 0.4) is 0 Å². The molecule has 0 aliphatic carbocycles. The maximum absolute atomic E-state index is 12.4. The summed E-state index contributed by atoms with van der Waals surface area (Å²) in [6, 6.07) is 3.35. The standard InChI is InChI=1S/C20H24F3N7O3/c1-12(2)30-16(4-5-26-30)19(32)25-9-15-10-29-17(28-15)6-14(8-27-29)7-24-18(31)11-33-13(3)20(21,22)23/h4-6,8,10,12-13H,7,9,11H2,1-3H3,(H,24,31)(H,25,32). The van der Waals surface area contributed by atoms with Crippen molar-refractivity contribution in [1.82, 2.24) is 35.0 Å². The molecule has 0 radical (unpaired) electrons. The molecule has 2 amide bonds.